The van der Waals surface area contributed by atoms with Crippen molar-refractivity contribution in [2.45, 2.75) is 57.9 Å². The molecule has 0 spiro atoms. The smallest absolute Gasteiger partial charge is 0.0130 e. The number of hydrogen-bond acceptors (Lipinski definition) is 1. The third kappa shape index (κ3) is 6.20. The summed E-state index contributed by atoms with van der Waals surface area (Å²) in [6.45, 7) is 2.28. The number of nitrogens with zero attached hydrogens (tertiary/aromatic N) is 1. The first-order chi connectivity index (χ1) is 8.74. The minimum absolute atomic E-state index is 0.689. The maximum Gasteiger partial charge on any atom is 0.0130 e. The molecule has 0 aliphatic carbocycles. The van der Waals surface area contributed by atoms with E-state index in [-0.39, 0.29) is 0 Å². The van der Waals surface area contributed by atoms with Crippen LogP contribution in [0, 0.1) is 0 Å². The van der Waals surface area contributed by atoms with Gasteiger partial charge in [-0.3, -0.25) is 0 Å². The second kappa shape index (κ2) is 9.16. The molecule has 18 heavy (non-hydrogen) atoms. The van der Waals surface area contributed by atoms with E-state index >= 15 is 0 Å². The van der Waals surface area contributed by atoms with Gasteiger partial charge in [0.15, 0.2) is 0 Å². The van der Waals surface area contributed by atoms with E-state index in [4.69, 9.17) is 0 Å². The second-order valence-electron chi connectivity index (χ2n) is 5.51. The molecular weight excluding hydrogens is 218 g/mol. The van der Waals surface area contributed by atoms with Gasteiger partial charge >= 0.3 is 0 Å². The molecule has 0 aliphatic heterocycles. The summed E-state index contributed by atoms with van der Waals surface area (Å²) in [5, 5.41) is 0. The minimum atomic E-state index is 0.689. The highest BCUT2D eigenvalue weighted by Crippen LogP contribution is 2.14. The van der Waals surface area contributed by atoms with E-state index in [1.165, 1.54) is 50.5 Å². The molecule has 102 valence electrons. The third-order valence-electron chi connectivity index (χ3n) is 3.69. The lowest BCUT2D eigenvalue weighted by molar-refractivity contribution is 0.269. The van der Waals surface area contributed by atoms with Crippen LogP contribution in [0.15, 0.2) is 30.3 Å². The van der Waals surface area contributed by atoms with Crippen LogP contribution in [0.3, 0.4) is 0 Å². The van der Waals surface area contributed by atoms with E-state index in [1.54, 1.807) is 0 Å². The lowest BCUT2D eigenvalue weighted by atomic mass is 9.99. The van der Waals surface area contributed by atoms with Gasteiger partial charge in [0.1, 0.15) is 0 Å². The first-order valence-corrected chi connectivity index (χ1v) is 7.44. The fourth-order valence-electron chi connectivity index (χ4n) is 2.41. The van der Waals surface area contributed by atoms with E-state index in [2.05, 4.69) is 56.3 Å². The Kier molecular flexibility index (Phi) is 7.75. The van der Waals surface area contributed by atoms with Crippen molar-refractivity contribution < 1.29 is 0 Å². The number of hydrogen-bond donors (Lipinski definition) is 0. The minimum Gasteiger partial charge on any atom is -0.306 e. The quantitative estimate of drug-likeness (QED) is 0.580. The molecule has 0 saturated heterocycles. The molecule has 0 N–H and O–H groups in total. The van der Waals surface area contributed by atoms with Crippen LogP contribution < -0.4 is 0 Å². The summed E-state index contributed by atoms with van der Waals surface area (Å²) in [5.74, 6) is 0. The molecule has 1 nitrogen and oxygen atoms in total. The van der Waals surface area contributed by atoms with Gasteiger partial charge in [-0.05, 0) is 32.5 Å². The Morgan fingerprint density at radius 2 is 1.61 bits per heavy atom. The van der Waals surface area contributed by atoms with Gasteiger partial charge in [-0.25, -0.2) is 0 Å². The Bertz CT molecular complexity index is 292. The number of likely N-dealkylation sites (N-methyl/N-ethyl adjacent to an activating group) is 1. The molecule has 1 atom stereocenters. The fourth-order valence-corrected chi connectivity index (χ4v) is 2.41. The fraction of sp³-hybridized carbons (Fsp3) is 0.647. The van der Waals surface area contributed by atoms with Crippen molar-refractivity contribution in [3.63, 3.8) is 0 Å². The Morgan fingerprint density at radius 3 is 2.22 bits per heavy atom. The van der Waals surface area contributed by atoms with Crippen LogP contribution in [0.4, 0.5) is 0 Å². The van der Waals surface area contributed by atoms with E-state index in [0.29, 0.717) is 6.04 Å². The zero-order chi connectivity index (χ0) is 13.2. The summed E-state index contributed by atoms with van der Waals surface area (Å²) in [6, 6.07) is 11.6. The maximum absolute atomic E-state index is 2.38. The van der Waals surface area contributed by atoms with Crippen molar-refractivity contribution in [3.05, 3.63) is 35.9 Å². The average Bonchev–Trinajstić information content (AvgIpc) is 2.38. The van der Waals surface area contributed by atoms with Crippen molar-refractivity contribution in [1.82, 2.24) is 4.90 Å². The Hall–Kier alpha value is -0.820. The van der Waals surface area contributed by atoms with Gasteiger partial charge < -0.3 is 4.90 Å². The van der Waals surface area contributed by atoms with Crippen LogP contribution >= 0.6 is 0 Å². The molecule has 0 heterocycles. The van der Waals surface area contributed by atoms with E-state index in [0.717, 1.165) is 0 Å². The zero-order valence-electron chi connectivity index (χ0n) is 12.4. The molecular formula is C17H29N. The highest BCUT2D eigenvalue weighted by molar-refractivity contribution is 5.15. The Morgan fingerprint density at radius 1 is 0.944 bits per heavy atom. The van der Waals surface area contributed by atoms with E-state index in [9.17, 15) is 0 Å². The SMILES string of the molecule is CCCCCCCC(Cc1ccccc1)N(C)C. The zero-order valence-corrected chi connectivity index (χ0v) is 12.4. The molecule has 0 saturated carbocycles. The summed E-state index contributed by atoms with van der Waals surface area (Å²) >= 11 is 0. The molecule has 1 aromatic carbocycles. The number of unbranched alkanes of at least 4 members (excludes halogenated alkanes) is 4. The molecule has 1 heteroatoms. The van der Waals surface area contributed by atoms with Crippen LogP contribution in [-0.2, 0) is 6.42 Å². The standard InChI is InChI=1S/C17H29N/c1-4-5-6-7-11-14-17(18(2)3)15-16-12-9-8-10-13-16/h8-10,12-13,17H,4-7,11,14-15H2,1-3H3. The largest absolute Gasteiger partial charge is 0.306 e. The van der Waals surface area contributed by atoms with E-state index in [1.807, 2.05) is 0 Å². The normalized spacial score (nSPS) is 12.9. The highest BCUT2D eigenvalue weighted by atomic mass is 15.1. The average molecular weight is 247 g/mol. The third-order valence-corrected chi connectivity index (χ3v) is 3.69. The lowest BCUT2D eigenvalue weighted by Crippen LogP contribution is -2.30. The molecule has 0 amide bonds. The van der Waals surface area contributed by atoms with Crippen LogP contribution in [0.1, 0.15) is 51.0 Å². The summed E-state index contributed by atoms with van der Waals surface area (Å²) in [4.78, 5) is 2.38. The van der Waals surface area contributed by atoms with Gasteiger partial charge in [-0.2, -0.15) is 0 Å². The van der Waals surface area contributed by atoms with Crippen LogP contribution in [0.25, 0.3) is 0 Å². The topological polar surface area (TPSA) is 3.24 Å². The second-order valence-corrected chi connectivity index (χ2v) is 5.51. The molecule has 1 unspecified atom stereocenters. The predicted octanol–water partition coefficient (Wildman–Crippen LogP) is 4.52. The van der Waals surface area contributed by atoms with Crippen molar-refractivity contribution in [2.75, 3.05) is 14.1 Å². The van der Waals surface area contributed by atoms with Crippen LogP contribution in [-0.4, -0.2) is 25.0 Å². The van der Waals surface area contributed by atoms with Gasteiger partial charge in [0.25, 0.3) is 0 Å². The first-order valence-electron chi connectivity index (χ1n) is 7.44. The molecule has 1 rings (SSSR count). The molecule has 0 aliphatic rings. The van der Waals surface area contributed by atoms with Crippen molar-refractivity contribution >= 4 is 0 Å². The molecule has 1 aromatic rings. The van der Waals surface area contributed by atoms with Gasteiger partial charge in [0.2, 0.25) is 0 Å². The maximum atomic E-state index is 2.38. The van der Waals surface area contributed by atoms with Gasteiger partial charge in [-0.15, -0.1) is 0 Å². The molecule has 0 fully saturated rings. The molecule has 0 aromatic heterocycles. The van der Waals surface area contributed by atoms with Crippen molar-refractivity contribution in [2.24, 2.45) is 0 Å². The summed E-state index contributed by atoms with van der Waals surface area (Å²) < 4.78 is 0. The van der Waals surface area contributed by atoms with Gasteiger partial charge in [0.05, 0.1) is 0 Å². The molecule has 0 radical (unpaired) electrons. The number of rotatable bonds is 9. The monoisotopic (exact) mass is 247 g/mol. The summed E-state index contributed by atoms with van der Waals surface area (Å²) in [6.07, 6.45) is 9.41. The van der Waals surface area contributed by atoms with Crippen LogP contribution in [0.5, 0.6) is 0 Å². The highest BCUT2D eigenvalue weighted by Gasteiger charge is 2.11. The van der Waals surface area contributed by atoms with Crippen molar-refractivity contribution in [3.8, 4) is 0 Å². The Labute approximate surface area is 113 Å². The lowest BCUT2D eigenvalue weighted by Gasteiger charge is -2.24. The van der Waals surface area contributed by atoms with Gasteiger partial charge in [0, 0.05) is 6.04 Å². The molecule has 0 bridgehead atoms. The van der Waals surface area contributed by atoms with E-state index < -0.39 is 0 Å². The van der Waals surface area contributed by atoms with Crippen LogP contribution in [0.2, 0.25) is 0 Å². The Balaban J connectivity index is 2.32. The summed E-state index contributed by atoms with van der Waals surface area (Å²) in [5.41, 5.74) is 1.46. The predicted molar refractivity (Wildman–Crippen MR) is 81.0 cm³/mol. The first kappa shape index (κ1) is 15.2. The number of benzene rings is 1. The summed E-state index contributed by atoms with van der Waals surface area (Å²) in [7, 11) is 4.42. The van der Waals surface area contributed by atoms with Crippen molar-refractivity contribution in [1.29, 1.82) is 0 Å². The van der Waals surface area contributed by atoms with Gasteiger partial charge in [-0.1, -0.05) is 69.4 Å².